The van der Waals surface area contributed by atoms with Gasteiger partial charge < -0.3 is 10.1 Å². The summed E-state index contributed by atoms with van der Waals surface area (Å²) in [6.07, 6.45) is -4.12. The van der Waals surface area contributed by atoms with E-state index < -0.39 is 28.9 Å². The first-order chi connectivity index (χ1) is 15.2. The van der Waals surface area contributed by atoms with Crippen LogP contribution in [0.2, 0.25) is 0 Å². The zero-order chi connectivity index (χ0) is 22.9. The van der Waals surface area contributed by atoms with Crippen molar-refractivity contribution in [1.29, 1.82) is 0 Å². The number of tetrazole rings is 1. The number of ether oxygens (including phenoxy) is 1. The average molecular weight is 449 g/mol. The van der Waals surface area contributed by atoms with Crippen LogP contribution in [0.5, 0.6) is 0 Å². The molecule has 11 heteroatoms. The van der Waals surface area contributed by atoms with Crippen molar-refractivity contribution in [3.63, 3.8) is 0 Å². The monoisotopic (exact) mass is 449 g/mol. The summed E-state index contributed by atoms with van der Waals surface area (Å²) in [5, 5.41) is 13.7. The summed E-state index contributed by atoms with van der Waals surface area (Å²) < 4.78 is 60.7. The van der Waals surface area contributed by atoms with Crippen molar-refractivity contribution < 1.29 is 27.1 Å². The van der Waals surface area contributed by atoms with Gasteiger partial charge in [-0.05, 0) is 60.0 Å². The summed E-state index contributed by atoms with van der Waals surface area (Å²) in [7, 11) is 0. The molecule has 0 atom stereocenters. The molecular weight excluding hydrogens is 430 g/mol. The van der Waals surface area contributed by atoms with Gasteiger partial charge in [0.05, 0.1) is 11.0 Å². The maximum atomic E-state index is 14.3. The second kappa shape index (κ2) is 8.30. The molecule has 1 fully saturated rings. The molecule has 1 aliphatic heterocycles. The quantitative estimate of drug-likeness (QED) is 0.613. The fourth-order valence-electron chi connectivity index (χ4n) is 3.82. The highest BCUT2D eigenvalue weighted by Gasteiger charge is 2.43. The van der Waals surface area contributed by atoms with E-state index in [1.807, 2.05) is 0 Å². The Balaban J connectivity index is 1.69. The van der Waals surface area contributed by atoms with E-state index in [1.165, 1.54) is 28.9 Å². The fraction of sp³-hybridized carbons (Fsp3) is 0.333. The fourth-order valence-corrected chi connectivity index (χ4v) is 3.82. The van der Waals surface area contributed by atoms with Crippen LogP contribution in [0.1, 0.15) is 29.8 Å². The Morgan fingerprint density at radius 3 is 2.56 bits per heavy atom. The van der Waals surface area contributed by atoms with Gasteiger partial charge in [-0.25, -0.2) is 4.39 Å². The van der Waals surface area contributed by atoms with E-state index in [0.29, 0.717) is 5.82 Å². The summed E-state index contributed by atoms with van der Waals surface area (Å²) in [5.41, 5.74) is -1.50. The smallest absolute Gasteiger partial charge is 0.381 e. The van der Waals surface area contributed by atoms with Crippen LogP contribution in [0.15, 0.2) is 42.5 Å². The maximum Gasteiger partial charge on any atom is 0.416 e. The molecule has 0 bridgehead atoms. The summed E-state index contributed by atoms with van der Waals surface area (Å²) in [6, 6.07) is 8.68. The number of rotatable bonds is 4. The minimum Gasteiger partial charge on any atom is -0.381 e. The van der Waals surface area contributed by atoms with Crippen molar-refractivity contribution in [3.05, 3.63) is 65.2 Å². The number of hydrogen-bond donors (Lipinski definition) is 1. The van der Waals surface area contributed by atoms with Crippen molar-refractivity contribution in [2.24, 2.45) is 0 Å². The van der Waals surface area contributed by atoms with E-state index in [1.54, 1.807) is 6.92 Å². The molecule has 0 spiro atoms. The highest BCUT2D eigenvalue weighted by molar-refractivity contribution is 5.99. The number of carbonyl (C=O) groups is 1. The molecule has 7 nitrogen and oxygen atoms in total. The lowest BCUT2D eigenvalue weighted by Crippen LogP contribution is -2.45. The lowest BCUT2D eigenvalue weighted by atomic mass is 9.73. The van der Waals surface area contributed by atoms with Gasteiger partial charge in [0.15, 0.2) is 5.82 Å². The number of aromatic nitrogens is 4. The van der Waals surface area contributed by atoms with Crippen LogP contribution in [-0.4, -0.2) is 39.3 Å². The number of nitrogens with one attached hydrogen (secondary N) is 1. The molecule has 2 heterocycles. The van der Waals surface area contributed by atoms with E-state index in [-0.39, 0.29) is 43.0 Å². The molecule has 3 aromatic rings. The van der Waals surface area contributed by atoms with Crippen molar-refractivity contribution in [2.75, 3.05) is 18.5 Å². The SMILES string of the molecule is Cc1nnnn1-c1cc(NC(=O)C2(c3cccc(C(F)(F)F)c3)CCOCC2)ccc1F. The largest absolute Gasteiger partial charge is 0.416 e. The van der Waals surface area contributed by atoms with Gasteiger partial charge in [-0.1, -0.05) is 18.2 Å². The zero-order valence-electron chi connectivity index (χ0n) is 17.0. The first-order valence-electron chi connectivity index (χ1n) is 9.82. The molecule has 0 saturated carbocycles. The number of carbonyl (C=O) groups excluding carboxylic acids is 1. The highest BCUT2D eigenvalue weighted by Crippen LogP contribution is 2.39. The summed E-state index contributed by atoms with van der Waals surface area (Å²) in [5.74, 6) is -0.750. The number of hydrogen-bond acceptors (Lipinski definition) is 5. The van der Waals surface area contributed by atoms with E-state index in [4.69, 9.17) is 4.74 Å². The molecule has 2 aromatic carbocycles. The molecule has 168 valence electrons. The van der Waals surface area contributed by atoms with Crippen LogP contribution in [0, 0.1) is 12.7 Å². The van der Waals surface area contributed by atoms with E-state index in [2.05, 4.69) is 20.8 Å². The highest BCUT2D eigenvalue weighted by atomic mass is 19.4. The maximum absolute atomic E-state index is 14.3. The van der Waals surface area contributed by atoms with Crippen LogP contribution >= 0.6 is 0 Å². The summed E-state index contributed by atoms with van der Waals surface area (Å²) in [6.45, 7) is 2.04. The molecule has 1 amide bonds. The first-order valence-corrected chi connectivity index (χ1v) is 9.82. The van der Waals surface area contributed by atoms with Crippen LogP contribution in [-0.2, 0) is 21.1 Å². The molecule has 0 aliphatic carbocycles. The standard InChI is InChI=1S/C21H19F4N5O2/c1-13-27-28-29-30(13)18-12-16(5-6-17(18)22)26-19(31)20(7-9-32-10-8-20)14-3-2-4-15(11-14)21(23,24)25/h2-6,11-12H,7-10H2,1H3,(H,26,31). The van der Waals surface area contributed by atoms with Gasteiger partial charge >= 0.3 is 6.18 Å². The predicted molar refractivity (Wildman–Crippen MR) is 106 cm³/mol. The molecule has 0 unspecified atom stereocenters. The molecule has 0 radical (unpaired) electrons. The molecule has 4 rings (SSSR count). The van der Waals surface area contributed by atoms with Gasteiger partial charge in [0, 0.05) is 18.9 Å². The number of benzene rings is 2. The Bertz CT molecular complexity index is 1140. The van der Waals surface area contributed by atoms with Gasteiger partial charge in [-0.2, -0.15) is 17.9 Å². The number of halogens is 4. The second-order valence-corrected chi connectivity index (χ2v) is 7.53. The molecule has 1 aromatic heterocycles. The van der Waals surface area contributed by atoms with Crippen molar-refractivity contribution >= 4 is 11.6 Å². The number of anilines is 1. The predicted octanol–water partition coefficient (Wildman–Crippen LogP) is 3.82. The van der Waals surface area contributed by atoms with Crippen LogP contribution in [0.4, 0.5) is 23.2 Å². The van der Waals surface area contributed by atoms with Crippen LogP contribution in [0.25, 0.3) is 5.69 Å². The van der Waals surface area contributed by atoms with Gasteiger partial charge in [0.2, 0.25) is 5.91 Å². The van der Waals surface area contributed by atoms with E-state index in [9.17, 15) is 22.4 Å². The number of amides is 1. The van der Waals surface area contributed by atoms with Crippen LogP contribution < -0.4 is 5.32 Å². The van der Waals surface area contributed by atoms with Gasteiger partial charge in [0.1, 0.15) is 11.5 Å². The Labute approximate surface area is 180 Å². The molecule has 1 saturated heterocycles. The minimum atomic E-state index is -4.53. The molecule has 32 heavy (non-hydrogen) atoms. The van der Waals surface area contributed by atoms with E-state index >= 15 is 0 Å². The molecule has 1 aliphatic rings. The van der Waals surface area contributed by atoms with Gasteiger partial charge in [0.25, 0.3) is 0 Å². The van der Waals surface area contributed by atoms with Gasteiger partial charge in [-0.3, -0.25) is 4.79 Å². The Morgan fingerprint density at radius 1 is 1.16 bits per heavy atom. The number of nitrogens with zero attached hydrogens (tertiary/aromatic N) is 4. The third-order valence-electron chi connectivity index (χ3n) is 5.58. The van der Waals surface area contributed by atoms with Crippen molar-refractivity contribution in [2.45, 2.75) is 31.4 Å². The normalized spacial score (nSPS) is 16.0. The van der Waals surface area contributed by atoms with Crippen molar-refractivity contribution in [3.8, 4) is 5.69 Å². The number of aryl methyl sites for hydroxylation is 1. The van der Waals surface area contributed by atoms with E-state index in [0.717, 1.165) is 18.2 Å². The lowest BCUT2D eigenvalue weighted by molar-refractivity contribution is -0.138. The van der Waals surface area contributed by atoms with Gasteiger partial charge in [-0.15, -0.1) is 5.10 Å². The Kier molecular flexibility index (Phi) is 5.68. The Hall–Kier alpha value is -3.34. The zero-order valence-corrected chi connectivity index (χ0v) is 17.0. The first kappa shape index (κ1) is 21.9. The van der Waals surface area contributed by atoms with Crippen molar-refractivity contribution in [1.82, 2.24) is 20.2 Å². The average Bonchev–Trinajstić information content (AvgIpc) is 3.20. The third-order valence-corrected chi connectivity index (χ3v) is 5.58. The second-order valence-electron chi connectivity index (χ2n) is 7.53. The third kappa shape index (κ3) is 4.07. The molecule has 1 N–H and O–H groups in total. The molecular formula is C21H19F4N5O2. The minimum absolute atomic E-state index is 0.0328. The van der Waals surface area contributed by atoms with Crippen LogP contribution in [0.3, 0.4) is 0 Å². The summed E-state index contributed by atoms with van der Waals surface area (Å²) in [4.78, 5) is 13.4. The topological polar surface area (TPSA) is 81.9 Å². The lowest BCUT2D eigenvalue weighted by Gasteiger charge is -2.36. The summed E-state index contributed by atoms with van der Waals surface area (Å²) >= 11 is 0. The Morgan fingerprint density at radius 2 is 1.91 bits per heavy atom. The number of alkyl halides is 3.